The molecule has 0 saturated carbocycles. The molecule has 1 heterocycles. The first-order valence-electron chi connectivity index (χ1n) is 10.3. The Hall–Kier alpha value is -3.81. The first-order chi connectivity index (χ1) is 15.6. The Morgan fingerprint density at radius 2 is 1.64 bits per heavy atom. The SMILES string of the molecule is Cn1c2ccccc2c2ccc(CC(=O)N(CC(=O)O)Cc3cccc(C(F)(F)F)c3)cc21. The van der Waals surface area contributed by atoms with Crippen LogP contribution in [0, 0.1) is 0 Å². The van der Waals surface area contributed by atoms with E-state index in [0.717, 1.165) is 38.8 Å². The van der Waals surface area contributed by atoms with Crippen LogP contribution in [0.1, 0.15) is 16.7 Å². The summed E-state index contributed by atoms with van der Waals surface area (Å²) in [6, 6.07) is 18.1. The number of hydrogen-bond acceptors (Lipinski definition) is 2. The summed E-state index contributed by atoms with van der Waals surface area (Å²) in [5.74, 6) is -1.72. The number of carboxylic acid groups (broad SMARTS) is 1. The summed E-state index contributed by atoms with van der Waals surface area (Å²) in [5.41, 5.74) is 2.04. The van der Waals surface area contributed by atoms with Gasteiger partial charge < -0.3 is 14.6 Å². The maximum absolute atomic E-state index is 13.0. The fourth-order valence-electron chi connectivity index (χ4n) is 4.06. The van der Waals surface area contributed by atoms with Crippen molar-refractivity contribution in [3.05, 3.63) is 83.4 Å². The molecule has 1 aromatic heterocycles. The number of fused-ring (bicyclic) bond motifs is 3. The number of rotatable bonds is 6. The summed E-state index contributed by atoms with van der Waals surface area (Å²) >= 11 is 0. The standard InChI is InChI=1S/C25H21F3N2O3/c1-29-21-8-3-2-7-19(21)20-10-9-16(12-22(20)29)13-23(31)30(15-24(32)33)14-17-5-4-6-18(11-17)25(26,27)28/h2-12H,13-15H2,1H3,(H,32,33). The third-order valence-electron chi connectivity index (χ3n) is 5.64. The van der Waals surface area contributed by atoms with Gasteiger partial charge in [0.05, 0.1) is 12.0 Å². The first kappa shape index (κ1) is 22.4. The van der Waals surface area contributed by atoms with Gasteiger partial charge in [-0.1, -0.05) is 42.5 Å². The maximum Gasteiger partial charge on any atom is 0.416 e. The lowest BCUT2D eigenvalue weighted by Crippen LogP contribution is -2.36. The van der Waals surface area contributed by atoms with Gasteiger partial charge in [-0.15, -0.1) is 0 Å². The monoisotopic (exact) mass is 454 g/mol. The fourth-order valence-corrected chi connectivity index (χ4v) is 4.06. The number of alkyl halides is 3. The highest BCUT2D eigenvalue weighted by Crippen LogP contribution is 2.30. The smallest absolute Gasteiger partial charge is 0.416 e. The molecule has 0 saturated heterocycles. The summed E-state index contributed by atoms with van der Waals surface area (Å²) in [6.07, 6.45) is -4.59. The minimum absolute atomic E-state index is 0.0658. The van der Waals surface area contributed by atoms with Crippen LogP contribution in [0.15, 0.2) is 66.7 Å². The van der Waals surface area contributed by atoms with E-state index < -0.39 is 30.2 Å². The number of aromatic nitrogens is 1. The summed E-state index contributed by atoms with van der Waals surface area (Å²) < 4.78 is 41.1. The second-order valence-electron chi connectivity index (χ2n) is 7.95. The Labute approximate surface area is 187 Å². The maximum atomic E-state index is 13.0. The van der Waals surface area contributed by atoms with Crippen molar-refractivity contribution >= 4 is 33.7 Å². The van der Waals surface area contributed by atoms with E-state index in [4.69, 9.17) is 0 Å². The second-order valence-corrected chi connectivity index (χ2v) is 7.95. The number of benzene rings is 3. The number of amides is 1. The van der Waals surface area contributed by atoms with Gasteiger partial charge in [0.2, 0.25) is 5.91 Å². The van der Waals surface area contributed by atoms with Crippen molar-refractivity contribution in [1.29, 1.82) is 0 Å². The molecular formula is C25H21F3N2O3. The van der Waals surface area contributed by atoms with E-state index in [9.17, 15) is 27.9 Å². The molecule has 5 nitrogen and oxygen atoms in total. The molecule has 170 valence electrons. The van der Waals surface area contributed by atoms with Gasteiger partial charge in [0, 0.05) is 35.4 Å². The van der Waals surface area contributed by atoms with Crippen molar-refractivity contribution in [2.24, 2.45) is 7.05 Å². The largest absolute Gasteiger partial charge is 0.480 e. The molecule has 0 spiro atoms. The molecule has 1 amide bonds. The van der Waals surface area contributed by atoms with Crippen LogP contribution < -0.4 is 0 Å². The summed E-state index contributed by atoms with van der Waals surface area (Å²) in [5, 5.41) is 11.4. The molecule has 0 aliphatic carbocycles. The Morgan fingerprint density at radius 3 is 2.36 bits per heavy atom. The molecule has 0 atom stereocenters. The molecule has 0 aliphatic rings. The van der Waals surface area contributed by atoms with Crippen LogP contribution in [0.3, 0.4) is 0 Å². The summed E-state index contributed by atoms with van der Waals surface area (Å²) in [6.45, 7) is -0.837. The van der Waals surface area contributed by atoms with Crippen molar-refractivity contribution in [2.75, 3.05) is 6.54 Å². The van der Waals surface area contributed by atoms with Gasteiger partial charge in [0.1, 0.15) is 6.54 Å². The zero-order valence-corrected chi connectivity index (χ0v) is 17.8. The zero-order chi connectivity index (χ0) is 23.8. The number of aryl methyl sites for hydroxylation is 1. The summed E-state index contributed by atoms with van der Waals surface area (Å²) in [7, 11) is 1.93. The number of hydrogen-bond donors (Lipinski definition) is 1. The highest BCUT2D eigenvalue weighted by Gasteiger charge is 2.30. The van der Waals surface area contributed by atoms with Crippen LogP contribution >= 0.6 is 0 Å². The molecule has 4 aromatic rings. The molecule has 33 heavy (non-hydrogen) atoms. The highest BCUT2D eigenvalue weighted by molar-refractivity contribution is 6.08. The zero-order valence-electron chi connectivity index (χ0n) is 17.8. The fraction of sp³-hybridized carbons (Fsp3) is 0.200. The van der Waals surface area contributed by atoms with E-state index in [1.54, 1.807) is 0 Å². The average Bonchev–Trinajstić information content (AvgIpc) is 3.04. The van der Waals surface area contributed by atoms with E-state index in [2.05, 4.69) is 0 Å². The number of carbonyl (C=O) groups excluding carboxylic acids is 1. The molecule has 8 heteroatoms. The predicted octanol–water partition coefficient (Wildman–Crippen LogP) is 5.01. The first-order valence-corrected chi connectivity index (χ1v) is 10.3. The number of aliphatic carboxylic acids is 1. The molecule has 1 N–H and O–H groups in total. The molecule has 4 rings (SSSR count). The van der Waals surface area contributed by atoms with Crippen molar-refractivity contribution in [1.82, 2.24) is 9.47 Å². The van der Waals surface area contributed by atoms with Crippen LogP contribution in [0.4, 0.5) is 13.2 Å². The molecule has 3 aromatic carbocycles. The molecular weight excluding hydrogens is 433 g/mol. The Morgan fingerprint density at radius 1 is 0.909 bits per heavy atom. The molecule has 0 bridgehead atoms. The van der Waals surface area contributed by atoms with Gasteiger partial charge in [-0.25, -0.2) is 0 Å². The van der Waals surface area contributed by atoms with Crippen molar-refractivity contribution in [3.8, 4) is 0 Å². The molecule has 0 fully saturated rings. The normalized spacial score (nSPS) is 11.8. The molecule has 0 unspecified atom stereocenters. The minimum atomic E-state index is -4.52. The van der Waals surface area contributed by atoms with Crippen LogP contribution in [0.25, 0.3) is 21.8 Å². The van der Waals surface area contributed by atoms with Gasteiger partial charge in [-0.2, -0.15) is 13.2 Å². The number of halogens is 3. The third-order valence-corrected chi connectivity index (χ3v) is 5.64. The van der Waals surface area contributed by atoms with Gasteiger partial charge in [0.15, 0.2) is 0 Å². The average molecular weight is 454 g/mol. The van der Waals surface area contributed by atoms with E-state index in [1.165, 1.54) is 12.1 Å². The lowest BCUT2D eigenvalue weighted by Gasteiger charge is -2.21. The van der Waals surface area contributed by atoms with Gasteiger partial charge in [0.25, 0.3) is 0 Å². The number of carbonyl (C=O) groups is 2. The topological polar surface area (TPSA) is 62.5 Å². The van der Waals surface area contributed by atoms with Crippen LogP contribution in [-0.4, -0.2) is 33.0 Å². The number of carboxylic acids is 1. The number of para-hydroxylation sites is 1. The minimum Gasteiger partial charge on any atom is -0.480 e. The third kappa shape index (κ3) is 4.69. The Kier molecular flexibility index (Phi) is 5.84. The van der Waals surface area contributed by atoms with Gasteiger partial charge >= 0.3 is 12.1 Å². The Bertz CT molecular complexity index is 1360. The van der Waals surface area contributed by atoms with Crippen molar-refractivity contribution < 1.29 is 27.9 Å². The second kappa shape index (κ2) is 8.61. The molecule has 0 aliphatic heterocycles. The summed E-state index contributed by atoms with van der Waals surface area (Å²) in [4.78, 5) is 25.3. The van der Waals surface area contributed by atoms with Crippen molar-refractivity contribution in [3.63, 3.8) is 0 Å². The molecule has 0 radical (unpaired) electrons. The van der Waals surface area contributed by atoms with E-state index in [1.807, 2.05) is 54.1 Å². The van der Waals surface area contributed by atoms with Crippen LogP contribution in [0.5, 0.6) is 0 Å². The quantitative estimate of drug-likeness (QED) is 0.446. The van der Waals surface area contributed by atoms with Crippen LogP contribution in [-0.2, 0) is 35.8 Å². The van der Waals surface area contributed by atoms with E-state index in [0.29, 0.717) is 5.56 Å². The Balaban J connectivity index is 1.60. The number of nitrogens with zero attached hydrogens (tertiary/aromatic N) is 2. The van der Waals surface area contributed by atoms with Crippen molar-refractivity contribution in [2.45, 2.75) is 19.1 Å². The highest BCUT2D eigenvalue weighted by atomic mass is 19.4. The van der Waals surface area contributed by atoms with E-state index >= 15 is 0 Å². The van der Waals surface area contributed by atoms with Gasteiger partial charge in [-0.05, 0) is 35.4 Å². The lowest BCUT2D eigenvalue weighted by atomic mass is 10.1. The van der Waals surface area contributed by atoms with Gasteiger partial charge in [-0.3, -0.25) is 9.59 Å². The predicted molar refractivity (Wildman–Crippen MR) is 119 cm³/mol. The van der Waals surface area contributed by atoms with E-state index in [-0.39, 0.29) is 18.5 Å². The lowest BCUT2D eigenvalue weighted by molar-refractivity contribution is -0.144. The van der Waals surface area contributed by atoms with Crippen LogP contribution in [0.2, 0.25) is 0 Å².